The molecule has 0 aliphatic rings. The van der Waals surface area contributed by atoms with E-state index >= 15 is 0 Å². The lowest BCUT2D eigenvalue weighted by Gasteiger charge is -1.97. The van der Waals surface area contributed by atoms with Gasteiger partial charge < -0.3 is 0 Å². The average Bonchev–Trinajstić information content (AvgIpc) is 2.06. The molecule has 0 bridgehead atoms. The number of carbonyl (C=O) groups is 1. The highest BCUT2D eigenvalue weighted by molar-refractivity contribution is 9.10. The Bertz CT molecular complexity index is 277. The van der Waals surface area contributed by atoms with Crippen molar-refractivity contribution in [2.45, 2.75) is 20.8 Å². The van der Waals surface area contributed by atoms with Crippen molar-refractivity contribution in [1.29, 1.82) is 0 Å². The summed E-state index contributed by atoms with van der Waals surface area (Å²) in [6, 6.07) is 5.37. The first kappa shape index (κ1) is 12.7. The van der Waals surface area contributed by atoms with Crippen LogP contribution in [0.15, 0.2) is 22.7 Å². The molecule has 0 aliphatic heterocycles. The minimum atomic E-state index is -0.422. The largest absolute Gasteiger partial charge is 0.276 e. The maximum absolute atomic E-state index is 10.7. The van der Waals surface area contributed by atoms with Crippen molar-refractivity contribution < 1.29 is 4.79 Å². The van der Waals surface area contributed by atoms with Crippen molar-refractivity contribution in [3.8, 4) is 0 Å². The molecule has 1 nitrogen and oxygen atoms in total. The van der Waals surface area contributed by atoms with E-state index in [1.807, 2.05) is 26.8 Å². The molecule has 13 heavy (non-hydrogen) atoms. The zero-order chi connectivity index (χ0) is 10.4. The first-order chi connectivity index (χ1) is 6.09. The van der Waals surface area contributed by atoms with Crippen molar-refractivity contribution in [3.63, 3.8) is 0 Å². The molecule has 72 valence electrons. The number of hydrogen-bond donors (Lipinski definition) is 0. The Labute approximate surface area is 92.2 Å². The van der Waals surface area contributed by atoms with E-state index in [1.165, 1.54) is 0 Å². The van der Waals surface area contributed by atoms with Crippen LogP contribution in [0.3, 0.4) is 0 Å². The van der Waals surface area contributed by atoms with E-state index in [9.17, 15) is 4.79 Å². The average molecular weight is 264 g/mol. The summed E-state index contributed by atoms with van der Waals surface area (Å²) in [5, 5.41) is -0.422. The van der Waals surface area contributed by atoms with E-state index in [0.717, 1.165) is 10.0 Å². The summed E-state index contributed by atoms with van der Waals surface area (Å²) in [5.41, 5.74) is 1.54. The standard InChI is InChI=1S/C8H6BrClO.C2H6/c1-5-2-6(8(10)11)4-7(9)3-5;1-2/h2-4H,1H3;1-2H3. The van der Waals surface area contributed by atoms with Crippen LogP contribution in [0.1, 0.15) is 29.8 Å². The third-order valence-electron chi connectivity index (χ3n) is 1.27. The van der Waals surface area contributed by atoms with Gasteiger partial charge in [-0.2, -0.15) is 0 Å². The Balaban J connectivity index is 0.000000671. The van der Waals surface area contributed by atoms with Crippen molar-refractivity contribution >= 4 is 32.8 Å². The zero-order valence-electron chi connectivity index (χ0n) is 7.90. The lowest BCUT2D eigenvalue weighted by atomic mass is 10.2. The summed E-state index contributed by atoms with van der Waals surface area (Å²) in [6.45, 7) is 5.91. The third-order valence-corrected chi connectivity index (χ3v) is 1.95. The van der Waals surface area contributed by atoms with Gasteiger partial charge in [0.2, 0.25) is 0 Å². The molecule has 0 aromatic heterocycles. The Kier molecular flexibility index (Phi) is 6.00. The number of rotatable bonds is 1. The Morgan fingerprint density at radius 1 is 1.31 bits per heavy atom. The highest BCUT2D eigenvalue weighted by Crippen LogP contribution is 2.16. The van der Waals surface area contributed by atoms with Crippen LogP contribution in [-0.2, 0) is 0 Å². The van der Waals surface area contributed by atoms with Crippen molar-refractivity contribution in [1.82, 2.24) is 0 Å². The van der Waals surface area contributed by atoms with Gasteiger partial charge >= 0.3 is 0 Å². The fourth-order valence-electron chi connectivity index (χ4n) is 0.850. The van der Waals surface area contributed by atoms with E-state index in [1.54, 1.807) is 12.1 Å². The van der Waals surface area contributed by atoms with Gasteiger partial charge in [0.25, 0.3) is 5.24 Å². The van der Waals surface area contributed by atoms with E-state index in [0.29, 0.717) is 5.56 Å². The molecule has 0 saturated carbocycles. The first-order valence-corrected chi connectivity index (χ1v) is 5.24. The molecule has 0 fully saturated rings. The maximum Gasteiger partial charge on any atom is 0.252 e. The third kappa shape index (κ3) is 4.44. The highest BCUT2D eigenvalue weighted by atomic mass is 79.9. The Morgan fingerprint density at radius 2 is 1.85 bits per heavy atom. The van der Waals surface area contributed by atoms with Crippen molar-refractivity contribution in [2.75, 3.05) is 0 Å². The lowest BCUT2D eigenvalue weighted by molar-refractivity contribution is 0.108. The molecule has 3 heteroatoms. The smallest absolute Gasteiger partial charge is 0.252 e. The molecule has 1 rings (SSSR count). The second kappa shape index (κ2) is 6.17. The van der Waals surface area contributed by atoms with Crippen LogP contribution >= 0.6 is 27.5 Å². The normalized spacial score (nSPS) is 8.69. The van der Waals surface area contributed by atoms with Crippen molar-refractivity contribution in [2.24, 2.45) is 0 Å². The van der Waals surface area contributed by atoms with Crippen LogP contribution in [0.25, 0.3) is 0 Å². The number of hydrogen-bond acceptors (Lipinski definition) is 1. The molecule has 0 unspecified atom stereocenters. The van der Waals surface area contributed by atoms with E-state index in [2.05, 4.69) is 15.9 Å². The molecular formula is C10H12BrClO. The van der Waals surface area contributed by atoms with E-state index in [-0.39, 0.29) is 0 Å². The summed E-state index contributed by atoms with van der Waals surface area (Å²) in [7, 11) is 0. The monoisotopic (exact) mass is 262 g/mol. The van der Waals surface area contributed by atoms with Gasteiger partial charge in [-0.1, -0.05) is 29.8 Å². The van der Waals surface area contributed by atoms with Crippen LogP contribution in [0.2, 0.25) is 0 Å². The molecule has 1 aromatic carbocycles. The number of aryl methyl sites for hydroxylation is 1. The predicted molar refractivity (Wildman–Crippen MR) is 60.4 cm³/mol. The lowest BCUT2D eigenvalue weighted by Crippen LogP contribution is -1.88. The number of benzene rings is 1. The van der Waals surface area contributed by atoms with Crippen LogP contribution in [0, 0.1) is 6.92 Å². The van der Waals surface area contributed by atoms with Gasteiger partial charge in [-0.15, -0.1) is 0 Å². The first-order valence-electron chi connectivity index (χ1n) is 4.06. The molecule has 1 aromatic rings. The topological polar surface area (TPSA) is 17.1 Å². The molecule has 0 saturated heterocycles. The number of halogens is 2. The van der Waals surface area contributed by atoms with Gasteiger partial charge in [0.15, 0.2) is 0 Å². The molecule has 0 amide bonds. The molecule has 0 atom stereocenters. The van der Waals surface area contributed by atoms with Gasteiger partial charge in [0, 0.05) is 10.0 Å². The van der Waals surface area contributed by atoms with Gasteiger partial charge in [-0.05, 0) is 42.3 Å². The summed E-state index contributed by atoms with van der Waals surface area (Å²) in [5.74, 6) is 0. The Morgan fingerprint density at radius 3 is 2.23 bits per heavy atom. The minimum absolute atomic E-state index is 0.422. The van der Waals surface area contributed by atoms with Crippen LogP contribution < -0.4 is 0 Å². The van der Waals surface area contributed by atoms with E-state index in [4.69, 9.17) is 11.6 Å². The van der Waals surface area contributed by atoms with Crippen LogP contribution in [0.5, 0.6) is 0 Å². The summed E-state index contributed by atoms with van der Waals surface area (Å²) in [4.78, 5) is 10.7. The molecular weight excluding hydrogens is 251 g/mol. The second-order valence-electron chi connectivity index (χ2n) is 2.29. The molecule has 0 heterocycles. The maximum atomic E-state index is 10.7. The molecule has 0 N–H and O–H groups in total. The summed E-state index contributed by atoms with van der Waals surface area (Å²) in [6.07, 6.45) is 0. The SMILES string of the molecule is CC.Cc1cc(Br)cc(C(=O)Cl)c1. The summed E-state index contributed by atoms with van der Waals surface area (Å²) < 4.78 is 0.876. The Hall–Kier alpha value is -0.340. The highest BCUT2D eigenvalue weighted by Gasteiger charge is 2.02. The van der Waals surface area contributed by atoms with Gasteiger partial charge in [0.1, 0.15) is 0 Å². The fourth-order valence-corrected chi connectivity index (χ4v) is 1.57. The van der Waals surface area contributed by atoms with Gasteiger partial charge in [-0.3, -0.25) is 4.79 Å². The zero-order valence-corrected chi connectivity index (χ0v) is 10.2. The predicted octanol–water partition coefficient (Wildman–Crippen LogP) is 4.16. The quantitative estimate of drug-likeness (QED) is 0.695. The summed E-state index contributed by atoms with van der Waals surface area (Å²) >= 11 is 8.56. The second-order valence-corrected chi connectivity index (χ2v) is 3.55. The van der Waals surface area contributed by atoms with Crippen molar-refractivity contribution in [3.05, 3.63) is 33.8 Å². The molecule has 0 aliphatic carbocycles. The van der Waals surface area contributed by atoms with Gasteiger partial charge in [-0.25, -0.2) is 0 Å². The minimum Gasteiger partial charge on any atom is -0.276 e. The van der Waals surface area contributed by atoms with Crippen LogP contribution in [-0.4, -0.2) is 5.24 Å². The van der Waals surface area contributed by atoms with Gasteiger partial charge in [0.05, 0.1) is 0 Å². The fraction of sp³-hybridized carbons (Fsp3) is 0.300. The molecule has 0 spiro atoms. The van der Waals surface area contributed by atoms with Crippen LogP contribution in [0.4, 0.5) is 0 Å². The van der Waals surface area contributed by atoms with E-state index < -0.39 is 5.24 Å². The number of carbonyl (C=O) groups excluding carboxylic acids is 1. The molecule has 0 radical (unpaired) electrons.